The summed E-state index contributed by atoms with van der Waals surface area (Å²) in [6, 6.07) is 6.62. The van der Waals surface area contributed by atoms with E-state index in [4.69, 9.17) is 9.47 Å². The summed E-state index contributed by atoms with van der Waals surface area (Å²) in [5, 5.41) is 5.26. The van der Waals surface area contributed by atoms with Gasteiger partial charge in [-0.05, 0) is 31.5 Å². The average molecular weight is 441 g/mol. The van der Waals surface area contributed by atoms with Gasteiger partial charge < -0.3 is 25.0 Å². The molecule has 0 bridgehead atoms. The van der Waals surface area contributed by atoms with Crippen molar-refractivity contribution in [2.45, 2.75) is 32.6 Å². The van der Waals surface area contributed by atoms with Crippen LogP contribution in [0.15, 0.2) is 24.3 Å². The van der Waals surface area contributed by atoms with Crippen LogP contribution >= 0.6 is 0 Å². The summed E-state index contributed by atoms with van der Waals surface area (Å²) in [4.78, 5) is 25.3. The van der Waals surface area contributed by atoms with Crippen LogP contribution in [-0.4, -0.2) is 80.5 Å². The number of benzene rings is 1. The molecular weight excluding hydrogens is 412 g/mol. The van der Waals surface area contributed by atoms with Crippen molar-refractivity contribution >= 4 is 27.8 Å². The number of hydrogen-bond acceptors (Lipinski definition) is 6. The van der Waals surface area contributed by atoms with Crippen molar-refractivity contribution in [1.29, 1.82) is 0 Å². The minimum Gasteiger partial charge on any atom is -0.448 e. The minimum absolute atomic E-state index is 0.00635. The summed E-state index contributed by atoms with van der Waals surface area (Å²) in [5.74, 6) is -0.184. The fourth-order valence-corrected chi connectivity index (χ4v) is 4.99. The first-order valence-corrected chi connectivity index (χ1v) is 11.5. The van der Waals surface area contributed by atoms with Crippen molar-refractivity contribution in [3.63, 3.8) is 0 Å². The first-order chi connectivity index (χ1) is 14.2. The van der Waals surface area contributed by atoms with E-state index < -0.39 is 16.1 Å². The van der Waals surface area contributed by atoms with Gasteiger partial charge in [-0.15, -0.1) is 0 Å². The molecule has 0 spiro atoms. The van der Waals surface area contributed by atoms with Crippen molar-refractivity contribution in [2.24, 2.45) is 0 Å². The fourth-order valence-electron chi connectivity index (χ4n) is 3.49. The Hall–Kier alpha value is -2.37. The molecule has 2 atom stereocenters. The summed E-state index contributed by atoms with van der Waals surface area (Å²) >= 11 is 0. The van der Waals surface area contributed by atoms with E-state index in [1.54, 1.807) is 23.1 Å². The number of urea groups is 1. The second-order valence-electron chi connectivity index (χ2n) is 7.51. The monoisotopic (exact) mass is 440 g/mol. The molecule has 2 aliphatic rings. The van der Waals surface area contributed by atoms with E-state index in [1.165, 1.54) is 4.31 Å². The van der Waals surface area contributed by atoms with Gasteiger partial charge in [-0.25, -0.2) is 18.0 Å². The lowest BCUT2D eigenvalue weighted by Crippen LogP contribution is -2.49. The van der Waals surface area contributed by atoms with Gasteiger partial charge in [0.15, 0.2) is 0 Å². The quantitative estimate of drug-likeness (QED) is 0.658. The van der Waals surface area contributed by atoms with Crippen LogP contribution < -0.4 is 10.6 Å². The molecule has 2 N–H and O–H groups in total. The molecule has 2 heterocycles. The van der Waals surface area contributed by atoms with Gasteiger partial charge >= 0.3 is 12.1 Å². The van der Waals surface area contributed by atoms with E-state index in [9.17, 15) is 18.0 Å². The molecular formula is C19H28N4O6S. The predicted octanol–water partition coefficient (Wildman–Crippen LogP) is 1.20. The molecule has 1 aromatic carbocycles. The average Bonchev–Trinajstić information content (AvgIpc) is 3.05. The van der Waals surface area contributed by atoms with Crippen LogP contribution in [0.3, 0.4) is 0 Å². The first kappa shape index (κ1) is 22.3. The SMILES string of the molecule is C[C@@H]1CN(S(=O)(=O)CCNC(=O)Nc2cccc(CN3CCOC3=O)c2)C[C@H](C)O1. The van der Waals surface area contributed by atoms with Crippen molar-refractivity contribution in [2.75, 3.05) is 43.9 Å². The standard InChI is InChI=1S/C19H28N4O6S/c1-14-11-23(12-15(2)29-14)30(26,27)9-6-20-18(24)21-17-5-3-4-16(10-17)13-22-7-8-28-19(22)25/h3-5,10,14-15H,6-9,11-13H2,1-2H3,(H2,20,21,24)/t14-,15+. The molecule has 1 aromatic rings. The Labute approximate surface area is 176 Å². The summed E-state index contributed by atoms with van der Waals surface area (Å²) in [7, 11) is -3.48. The molecule has 0 aliphatic carbocycles. The predicted molar refractivity (Wildman–Crippen MR) is 111 cm³/mol. The maximum absolute atomic E-state index is 12.5. The van der Waals surface area contributed by atoms with Gasteiger partial charge in [0.05, 0.1) is 24.5 Å². The first-order valence-electron chi connectivity index (χ1n) is 9.92. The number of morpholine rings is 1. The van der Waals surface area contributed by atoms with Gasteiger partial charge in [0.1, 0.15) is 6.61 Å². The van der Waals surface area contributed by atoms with Crippen LogP contribution in [0.1, 0.15) is 19.4 Å². The van der Waals surface area contributed by atoms with Crippen LogP contribution in [0, 0.1) is 0 Å². The number of rotatable bonds is 7. The smallest absolute Gasteiger partial charge is 0.410 e. The zero-order valence-corrected chi connectivity index (χ0v) is 18.0. The number of nitrogens with zero attached hydrogens (tertiary/aromatic N) is 2. The van der Waals surface area contributed by atoms with Crippen molar-refractivity contribution < 1.29 is 27.5 Å². The number of sulfonamides is 1. The molecule has 2 aliphatic heterocycles. The molecule has 0 unspecified atom stereocenters. The lowest BCUT2D eigenvalue weighted by molar-refractivity contribution is -0.0440. The Kier molecular flexibility index (Phi) is 7.16. The van der Waals surface area contributed by atoms with Gasteiger partial charge in [-0.3, -0.25) is 0 Å². The van der Waals surface area contributed by atoms with E-state index in [0.29, 0.717) is 38.5 Å². The maximum Gasteiger partial charge on any atom is 0.410 e. The molecule has 30 heavy (non-hydrogen) atoms. The summed E-state index contributed by atoms with van der Waals surface area (Å²) < 4.78 is 36.9. The van der Waals surface area contributed by atoms with Crippen LogP contribution in [0.4, 0.5) is 15.3 Å². The lowest BCUT2D eigenvalue weighted by Gasteiger charge is -2.34. The Balaban J connectivity index is 1.46. The molecule has 3 amide bonds. The normalized spacial score (nSPS) is 22.6. The number of amides is 3. The van der Waals surface area contributed by atoms with Crippen LogP contribution in [0.5, 0.6) is 0 Å². The molecule has 2 fully saturated rings. The highest BCUT2D eigenvalue weighted by Crippen LogP contribution is 2.16. The van der Waals surface area contributed by atoms with Gasteiger partial charge in [-0.1, -0.05) is 12.1 Å². The third-order valence-corrected chi connectivity index (χ3v) is 6.63. The van der Waals surface area contributed by atoms with Crippen molar-refractivity contribution in [3.05, 3.63) is 29.8 Å². The van der Waals surface area contributed by atoms with Crippen LogP contribution in [0.25, 0.3) is 0 Å². The lowest BCUT2D eigenvalue weighted by atomic mass is 10.2. The van der Waals surface area contributed by atoms with Gasteiger partial charge in [0.25, 0.3) is 0 Å². The highest BCUT2D eigenvalue weighted by Gasteiger charge is 2.30. The fraction of sp³-hybridized carbons (Fsp3) is 0.579. The largest absolute Gasteiger partial charge is 0.448 e. The third-order valence-electron chi connectivity index (χ3n) is 4.83. The van der Waals surface area contributed by atoms with Crippen molar-refractivity contribution in [1.82, 2.24) is 14.5 Å². The van der Waals surface area contributed by atoms with Gasteiger partial charge in [0.2, 0.25) is 10.0 Å². The van der Waals surface area contributed by atoms with Crippen LogP contribution in [-0.2, 0) is 26.0 Å². The van der Waals surface area contributed by atoms with E-state index in [-0.39, 0.29) is 30.6 Å². The summed E-state index contributed by atoms with van der Waals surface area (Å²) in [5.41, 5.74) is 1.40. The second-order valence-corrected chi connectivity index (χ2v) is 9.60. The Morgan fingerprint density at radius 1 is 1.23 bits per heavy atom. The summed E-state index contributed by atoms with van der Waals surface area (Å²) in [6.45, 7) is 5.61. The maximum atomic E-state index is 12.5. The number of cyclic esters (lactones) is 1. The minimum atomic E-state index is -3.48. The van der Waals surface area contributed by atoms with Crippen molar-refractivity contribution in [3.8, 4) is 0 Å². The number of anilines is 1. The van der Waals surface area contributed by atoms with E-state index in [2.05, 4.69) is 10.6 Å². The molecule has 0 radical (unpaired) electrons. The molecule has 0 saturated carbocycles. The zero-order chi connectivity index (χ0) is 21.7. The Bertz CT molecular complexity index is 868. The number of nitrogens with one attached hydrogen (secondary N) is 2. The number of carbonyl (C=O) groups excluding carboxylic acids is 2. The summed E-state index contributed by atoms with van der Waals surface area (Å²) in [6.07, 6.45) is -0.666. The van der Waals surface area contributed by atoms with Gasteiger partial charge in [-0.2, -0.15) is 4.31 Å². The Morgan fingerprint density at radius 3 is 2.63 bits per heavy atom. The molecule has 10 nitrogen and oxygen atoms in total. The zero-order valence-electron chi connectivity index (χ0n) is 17.2. The number of carbonyl (C=O) groups is 2. The molecule has 11 heteroatoms. The van der Waals surface area contributed by atoms with E-state index in [0.717, 1.165) is 5.56 Å². The highest BCUT2D eigenvalue weighted by atomic mass is 32.2. The third kappa shape index (κ3) is 6.07. The number of ether oxygens (including phenoxy) is 2. The molecule has 0 aromatic heterocycles. The Morgan fingerprint density at radius 2 is 1.97 bits per heavy atom. The highest BCUT2D eigenvalue weighted by molar-refractivity contribution is 7.89. The molecule has 166 valence electrons. The van der Waals surface area contributed by atoms with E-state index >= 15 is 0 Å². The second kappa shape index (κ2) is 9.63. The van der Waals surface area contributed by atoms with Gasteiger partial charge in [0, 0.05) is 31.9 Å². The topological polar surface area (TPSA) is 117 Å². The molecule has 3 rings (SSSR count). The van der Waals surface area contributed by atoms with Crippen LogP contribution in [0.2, 0.25) is 0 Å². The number of hydrogen-bond donors (Lipinski definition) is 2. The molecule has 2 saturated heterocycles. The van der Waals surface area contributed by atoms with E-state index in [1.807, 2.05) is 19.9 Å².